The second-order valence-corrected chi connectivity index (χ2v) is 9.84. The molecule has 1 amide bonds. The first kappa shape index (κ1) is 18.7. The quantitative estimate of drug-likeness (QED) is 0.701. The molecule has 30 heavy (non-hydrogen) atoms. The van der Waals surface area contributed by atoms with Crippen molar-refractivity contribution in [3.05, 3.63) is 83.7 Å². The van der Waals surface area contributed by atoms with Gasteiger partial charge in [0.1, 0.15) is 0 Å². The Labute approximate surface area is 174 Å². The Kier molecular flexibility index (Phi) is 4.51. The molecular formula is C22H20N4O3S. The maximum Gasteiger partial charge on any atom is 0.253 e. The van der Waals surface area contributed by atoms with Gasteiger partial charge >= 0.3 is 0 Å². The van der Waals surface area contributed by atoms with Crippen molar-refractivity contribution in [1.82, 2.24) is 14.9 Å². The summed E-state index contributed by atoms with van der Waals surface area (Å²) in [6.45, 7) is 0.512. The second-order valence-electron chi connectivity index (χ2n) is 7.62. The number of likely N-dealkylation sites (tertiary alicyclic amines) is 1. The lowest BCUT2D eigenvalue weighted by atomic mass is 10.00. The highest BCUT2D eigenvalue weighted by molar-refractivity contribution is 7.91. The molecule has 0 aliphatic carbocycles. The van der Waals surface area contributed by atoms with Gasteiger partial charge in [0, 0.05) is 42.0 Å². The normalized spacial score (nSPS) is 21.5. The lowest BCUT2D eigenvalue weighted by Gasteiger charge is -2.26. The fourth-order valence-electron chi connectivity index (χ4n) is 4.22. The predicted octanol–water partition coefficient (Wildman–Crippen LogP) is 2.76. The average Bonchev–Trinajstić information content (AvgIpc) is 3.22. The van der Waals surface area contributed by atoms with Gasteiger partial charge in [-0.15, -0.1) is 0 Å². The number of para-hydroxylation sites is 1. The van der Waals surface area contributed by atoms with E-state index in [1.54, 1.807) is 35.4 Å². The number of nitrogens with one attached hydrogen (secondary N) is 1. The summed E-state index contributed by atoms with van der Waals surface area (Å²) in [5, 5.41) is 2.52. The molecule has 5 rings (SSSR count). The zero-order valence-corrected chi connectivity index (χ0v) is 16.9. The van der Waals surface area contributed by atoms with Gasteiger partial charge in [0.25, 0.3) is 5.91 Å². The summed E-state index contributed by atoms with van der Waals surface area (Å²) < 4.78 is 25.8. The number of hydrogen-bond donors (Lipinski definition) is 1. The minimum Gasteiger partial charge on any atom is -0.337 e. The Morgan fingerprint density at radius 2 is 1.70 bits per heavy atom. The van der Waals surface area contributed by atoms with Crippen LogP contribution in [0.3, 0.4) is 0 Å². The van der Waals surface area contributed by atoms with E-state index in [9.17, 15) is 13.2 Å². The van der Waals surface area contributed by atoms with Crippen LogP contribution in [0.2, 0.25) is 0 Å². The average molecular weight is 420 g/mol. The van der Waals surface area contributed by atoms with E-state index in [0.29, 0.717) is 29.3 Å². The lowest BCUT2D eigenvalue weighted by Crippen LogP contribution is -2.35. The minimum atomic E-state index is -3.39. The van der Waals surface area contributed by atoms with E-state index in [0.717, 1.165) is 5.69 Å². The summed E-state index contributed by atoms with van der Waals surface area (Å²) in [5.74, 6) is -0.183. The summed E-state index contributed by atoms with van der Waals surface area (Å²) in [4.78, 5) is 23.5. The summed E-state index contributed by atoms with van der Waals surface area (Å²) in [6.07, 6.45) is 1.59. The monoisotopic (exact) mass is 420 g/mol. The number of hydrogen-bond acceptors (Lipinski definition) is 6. The molecule has 0 unspecified atom stereocenters. The number of sulfone groups is 1. The Bertz CT molecular complexity index is 1200. The first-order valence-corrected chi connectivity index (χ1v) is 11.5. The fraction of sp³-hybridized carbons (Fsp3) is 0.227. The highest BCUT2D eigenvalue weighted by Gasteiger charge is 2.48. The zero-order chi connectivity index (χ0) is 20.7. The van der Waals surface area contributed by atoms with Crippen molar-refractivity contribution in [2.75, 3.05) is 18.4 Å². The van der Waals surface area contributed by atoms with Gasteiger partial charge in [0.05, 0.1) is 16.7 Å². The summed E-state index contributed by atoms with van der Waals surface area (Å²) in [7, 11) is -3.39. The Morgan fingerprint density at radius 1 is 1.00 bits per heavy atom. The van der Waals surface area contributed by atoms with Gasteiger partial charge < -0.3 is 10.2 Å². The first-order valence-electron chi connectivity index (χ1n) is 9.75. The van der Waals surface area contributed by atoms with Gasteiger partial charge in [-0.25, -0.2) is 18.4 Å². The van der Waals surface area contributed by atoms with Crippen LogP contribution in [-0.2, 0) is 15.6 Å². The van der Waals surface area contributed by atoms with E-state index in [-0.39, 0.29) is 24.1 Å². The maximum atomic E-state index is 12.9. The molecule has 3 heterocycles. The number of carbonyl (C=O) groups excluding carboxylic acids is 1. The molecule has 2 aliphatic rings. The van der Waals surface area contributed by atoms with Crippen LogP contribution < -0.4 is 5.32 Å². The van der Waals surface area contributed by atoms with Crippen LogP contribution in [0.1, 0.15) is 27.5 Å². The van der Waals surface area contributed by atoms with Gasteiger partial charge in [-0.2, -0.15) is 0 Å². The molecule has 152 valence electrons. The molecule has 2 aliphatic heterocycles. The van der Waals surface area contributed by atoms with Crippen LogP contribution >= 0.6 is 0 Å². The summed E-state index contributed by atoms with van der Waals surface area (Å²) in [6, 6.07) is 18.5. The van der Waals surface area contributed by atoms with E-state index in [4.69, 9.17) is 0 Å². The van der Waals surface area contributed by atoms with E-state index in [1.807, 2.05) is 36.4 Å². The molecule has 7 nitrogen and oxygen atoms in total. The molecule has 2 aromatic carbocycles. The standard InChI is InChI=1S/C22H20N4O3S/c27-21(15-7-3-1-4-8-15)26-12-18-19(13-26)30(28,29)14-16-11-23-22(25-20(16)18)24-17-9-5-2-6-10-17/h1-11,18-19H,12-14H2,(H,23,24,25)/t18-,19+/m1/s1. The Morgan fingerprint density at radius 3 is 2.43 bits per heavy atom. The van der Waals surface area contributed by atoms with Crippen LogP contribution in [0.5, 0.6) is 0 Å². The van der Waals surface area contributed by atoms with Crippen molar-refractivity contribution in [2.24, 2.45) is 0 Å². The van der Waals surface area contributed by atoms with Crippen molar-refractivity contribution in [3.63, 3.8) is 0 Å². The van der Waals surface area contributed by atoms with Gasteiger partial charge in [0.15, 0.2) is 9.84 Å². The fourth-order valence-corrected chi connectivity index (χ4v) is 6.21. The summed E-state index contributed by atoms with van der Waals surface area (Å²) >= 11 is 0. The van der Waals surface area contributed by atoms with Crippen molar-refractivity contribution in [3.8, 4) is 0 Å². The number of amides is 1. The maximum absolute atomic E-state index is 12.9. The minimum absolute atomic E-state index is 0.0948. The number of benzene rings is 2. The van der Waals surface area contributed by atoms with Crippen molar-refractivity contribution in [2.45, 2.75) is 16.9 Å². The van der Waals surface area contributed by atoms with Gasteiger partial charge in [-0.05, 0) is 24.3 Å². The highest BCUT2D eigenvalue weighted by Crippen LogP contribution is 2.39. The van der Waals surface area contributed by atoms with Crippen LogP contribution in [0, 0.1) is 0 Å². The first-order chi connectivity index (χ1) is 14.5. The molecule has 1 saturated heterocycles. The largest absolute Gasteiger partial charge is 0.337 e. The van der Waals surface area contributed by atoms with Crippen molar-refractivity contribution >= 4 is 27.4 Å². The topological polar surface area (TPSA) is 92.3 Å². The van der Waals surface area contributed by atoms with Gasteiger partial charge in [-0.3, -0.25) is 4.79 Å². The van der Waals surface area contributed by atoms with Crippen LogP contribution in [-0.4, -0.2) is 47.5 Å². The van der Waals surface area contributed by atoms with Gasteiger partial charge in [-0.1, -0.05) is 36.4 Å². The van der Waals surface area contributed by atoms with Gasteiger partial charge in [0.2, 0.25) is 5.95 Å². The number of anilines is 2. The molecule has 0 saturated carbocycles. The molecule has 3 aromatic rings. The second kappa shape index (κ2) is 7.21. The molecular weight excluding hydrogens is 400 g/mol. The molecule has 0 radical (unpaired) electrons. The van der Waals surface area contributed by atoms with Crippen molar-refractivity contribution < 1.29 is 13.2 Å². The van der Waals surface area contributed by atoms with Crippen LogP contribution in [0.15, 0.2) is 66.9 Å². The molecule has 2 atom stereocenters. The molecule has 1 N–H and O–H groups in total. The number of fused-ring (bicyclic) bond motifs is 3. The number of nitrogens with zero attached hydrogens (tertiary/aromatic N) is 3. The zero-order valence-electron chi connectivity index (χ0n) is 16.1. The van der Waals surface area contributed by atoms with E-state index in [2.05, 4.69) is 15.3 Å². The third-order valence-corrected chi connectivity index (χ3v) is 7.78. The molecule has 1 fully saturated rings. The van der Waals surface area contributed by atoms with E-state index in [1.165, 1.54) is 0 Å². The Hall–Kier alpha value is -3.26. The predicted molar refractivity (Wildman–Crippen MR) is 113 cm³/mol. The Balaban J connectivity index is 1.47. The van der Waals surface area contributed by atoms with E-state index >= 15 is 0 Å². The molecule has 0 spiro atoms. The van der Waals surface area contributed by atoms with Crippen LogP contribution in [0.4, 0.5) is 11.6 Å². The van der Waals surface area contributed by atoms with Crippen LogP contribution in [0.25, 0.3) is 0 Å². The number of aromatic nitrogens is 2. The third-order valence-electron chi connectivity index (χ3n) is 5.67. The molecule has 1 aromatic heterocycles. The third kappa shape index (κ3) is 3.33. The lowest BCUT2D eigenvalue weighted by molar-refractivity contribution is 0.0791. The summed E-state index contributed by atoms with van der Waals surface area (Å²) in [5.41, 5.74) is 2.74. The number of rotatable bonds is 3. The molecule has 8 heteroatoms. The SMILES string of the molecule is O=C(c1ccccc1)N1C[C@H]2c3nc(Nc4ccccc4)ncc3CS(=O)(=O)[C@H]2C1. The van der Waals surface area contributed by atoms with E-state index < -0.39 is 15.1 Å². The smallest absolute Gasteiger partial charge is 0.253 e. The highest BCUT2D eigenvalue weighted by atomic mass is 32.2. The molecule has 0 bridgehead atoms. The van der Waals surface area contributed by atoms with Crippen molar-refractivity contribution in [1.29, 1.82) is 0 Å². The number of carbonyl (C=O) groups is 1.